The lowest BCUT2D eigenvalue weighted by atomic mass is 10.0. The number of aromatic nitrogens is 5. The van der Waals surface area contributed by atoms with E-state index in [9.17, 15) is 4.79 Å². The first-order chi connectivity index (χ1) is 15.2. The molecule has 0 unspecified atom stereocenters. The average Bonchev–Trinajstić information content (AvgIpc) is 3.22. The van der Waals surface area contributed by atoms with Crippen LogP contribution in [0.2, 0.25) is 5.28 Å². The molecule has 0 bridgehead atoms. The molecule has 0 spiro atoms. The Morgan fingerprint density at radius 3 is 2.00 bits per heavy atom. The van der Waals surface area contributed by atoms with E-state index < -0.39 is 0 Å². The van der Waals surface area contributed by atoms with Crippen molar-refractivity contribution in [3.63, 3.8) is 0 Å². The van der Waals surface area contributed by atoms with Crippen LogP contribution >= 0.6 is 11.6 Å². The van der Waals surface area contributed by atoms with Crippen LogP contribution in [-0.4, -0.2) is 24.1 Å². The highest BCUT2D eigenvalue weighted by Gasteiger charge is 2.17. The molecule has 0 saturated carbocycles. The molecule has 0 aliphatic heterocycles. The van der Waals surface area contributed by atoms with Crippen molar-refractivity contribution in [1.29, 1.82) is 0 Å². The van der Waals surface area contributed by atoms with Gasteiger partial charge in [-0.25, -0.2) is 4.98 Å². The standard InChI is InChI=1S/C24H18ClN5O/c1-2-29-15-26-20-22(29)27-24(25)28-23(20)30-13-18(16-9-5-3-6-10-16)21(31)19(14-30)17-11-7-4-8-12-17/h3-15H,2H2,1H3. The van der Waals surface area contributed by atoms with E-state index in [-0.39, 0.29) is 10.7 Å². The lowest BCUT2D eigenvalue weighted by Crippen LogP contribution is -2.13. The molecule has 2 aromatic carbocycles. The van der Waals surface area contributed by atoms with Crippen LogP contribution in [0.3, 0.4) is 0 Å². The lowest BCUT2D eigenvalue weighted by Gasteiger charge is -2.13. The normalized spacial score (nSPS) is 11.2. The van der Waals surface area contributed by atoms with E-state index in [0.717, 1.165) is 11.1 Å². The second kappa shape index (κ2) is 7.81. The molecular weight excluding hydrogens is 410 g/mol. The smallest absolute Gasteiger partial charge is 0.226 e. The van der Waals surface area contributed by atoms with E-state index in [4.69, 9.17) is 11.6 Å². The van der Waals surface area contributed by atoms with E-state index in [2.05, 4.69) is 15.0 Å². The van der Waals surface area contributed by atoms with Crippen LogP contribution in [0.5, 0.6) is 0 Å². The number of hydrogen-bond acceptors (Lipinski definition) is 4. The minimum absolute atomic E-state index is 0.0517. The molecule has 0 aliphatic carbocycles. The van der Waals surface area contributed by atoms with Crippen molar-refractivity contribution in [2.45, 2.75) is 13.5 Å². The summed E-state index contributed by atoms with van der Waals surface area (Å²) in [5.41, 5.74) is 4.01. The van der Waals surface area contributed by atoms with Gasteiger partial charge in [-0.2, -0.15) is 9.97 Å². The molecule has 0 atom stereocenters. The number of hydrogen-bond donors (Lipinski definition) is 0. The van der Waals surface area contributed by atoms with E-state index in [1.165, 1.54) is 0 Å². The molecule has 0 saturated heterocycles. The zero-order chi connectivity index (χ0) is 21.4. The maximum absolute atomic E-state index is 13.4. The summed E-state index contributed by atoms with van der Waals surface area (Å²) in [6, 6.07) is 19.2. The fourth-order valence-corrected chi connectivity index (χ4v) is 3.82. The van der Waals surface area contributed by atoms with E-state index in [0.29, 0.717) is 34.7 Å². The Kier molecular flexibility index (Phi) is 4.84. The number of aryl methyl sites for hydroxylation is 1. The summed E-state index contributed by atoms with van der Waals surface area (Å²) in [5.74, 6) is 0.525. The van der Waals surface area contributed by atoms with Crippen molar-refractivity contribution in [2.75, 3.05) is 0 Å². The topological polar surface area (TPSA) is 65.6 Å². The highest BCUT2D eigenvalue weighted by atomic mass is 35.5. The summed E-state index contributed by atoms with van der Waals surface area (Å²) < 4.78 is 3.72. The molecule has 0 radical (unpaired) electrons. The Morgan fingerprint density at radius 1 is 0.871 bits per heavy atom. The van der Waals surface area contributed by atoms with Crippen LogP contribution in [0.4, 0.5) is 0 Å². The molecule has 0 aliphatic rings. The molecule has 0 fully saturated rings. The van der Waals surface area contributed by atoms with Gasteiger partial charge in [0.2, 0.25) is 5.28 Å². The molecular formula is C24H18ClN5O. The van der Waals surface area contributed by atoms with E-state index >= 15 is 0 Å². The summed E-state index contributed by atoms with van der Waals surface area (Å²) >= 11 is 6.27. The first kappa shape index (κ1) is 19.2. The van der Waals surface area contributed by atoms with Crippen molar-refractivity contribution in [1.82, 2.24) is 24.1 Å². The van der Waals surface area contributed by atoms with Crippen molar-refractivity contribution in [3.05, 3.63) is 94.9 Å². The maximum atomic E-state index is 13.4. The SMILES string of the molecule is CCn1cnc2c(-n3cc(-c4ccccc4)c(=O)c(-c4ccccc4)c3)nc(Cl)nc21. The summed E-state index contributed by atoms with van der Waals surface area (Å²) in [6.07, 6.45) is 5.29. The van der Waals surface area contributed by atoms with Crippen LogP contribution in [-0.2, 0) is 6.54 Å². The number of pyridine rings is 1. The summed E-state index contributed by atoms with van der Waals surface area (Å²) in [5, 5.41) is 0.124. The molecule has 5 rings (SSSR count). The van der Waals surface area contributed by atoms with Gasteiger partial charge in [0.05, 0.1) is 6.33 Å². The molecule has 5 aromatic rings. The minimum Gasteiger partial charge on any atom is -0.315 e. The fourth-order valence-electron chi connectivity index (χ4n) is 3.66. The third kappa shape index (κ3) is 3.41. The van der Waals surface area contributed by atoms with Crippen LogP contribution in [0, 0.1) is 0 Å². The van der Waals surface area contributed by atoms with Gasteiger partial charge in [0.25, 0.3) is 0 Å². The van der Waals surface area contributed by atoms with Gasteiger partial charge in [-0.05, 0) is 29.7 Å². The predicted molar refractivity (Wildman–Crippen MR) is 122 cm³/mol. The average molecular weight is 428 g/mol. The highest BCUT2D eigenvalue weighted by Crippen LogP contribution is 2.26. The largest absolute Gasteiger partial charge is 0.315 e. The molecule has 6 nitrogen and oxygen atoms in total. The third-order valence-electron chi connectivity index (χ3n) is 5.20. The molecule has 0 amide bonds. The number of benzene rings is 2. The third-order valence-corrected chi connectivity index (χ3v) is 5.37. The Hall–Kier alpha value is -3.77. The second-order valence-electron chi connectivity index (χ2n) is 7.07. The van der Waals surface area contributed by atoms with Crippen molar-refractivity contribution >= 4 is 22.8 Å². The minimum atomic E-state index is -0.0517. The Morgan fingerprint density at radius 2 is 1.45 bits per heavy atom. The second-order valence-corrected chi connectivity index (χ2v) is 7.41. The summed E-state index contributed by atoms with van der Waals surface area (Å²) in [4.78, 5) is 26.8. The van der Waals surface area contributed by atoms with Crippen LogP contribution < -0.4 is 5.43 Å². The summed E-state index contributed by atoms with van der Waals surface area (Å²) in [7, 11) is 0. The Labute approximate surface area is 183 Å². The lowest BCUT2D eigenvalue weighted by molar-refractivity contribution is 0.777. The zero-order valence-electron chi connectivity index (χ0n) is 16.7. The van der Waals surface area contributed by atoms with Crippen molar-refractivity contribution in [3.8, 4) is 28.1 Å². The van der Waals surface area contributed by atoms with Gasteiger partial charge in [0, 0.05) is 30.1 Å². The monoisotopic (exact) mass is 427 g/mol. The molecule has 31 heavy (non-hydrogen) atoms. The van der Waals surface area contributed by atoms with Crippen LogP contribution in [0.15, 0.2) is 84.2 Å². The molecule has 7 heteroatoms. The van der Waals surface area contributed by atoms with Gasteiger partial charge < -0.3 is 9.13 Å². The quantitative estimate of drug-likeness (QED) is 0.379. The van der Waals surface area contributed by atoms with Gasteiger partial charge in [-0.1, -0.05) is 60.7 Å². The predicted octanol–water partition coefficient (Wildman–Crippen LogP) is 4.98. The van der Waals surface area contributed by atoms with Gasteiger partial charge in [0.1, 0.15) is 0 Å². The number of fused-ring (bicyclic) bond motifs is 1. The summed E-state index contributed by atoms with van der Waals surface area (Å²) in [6.45, 7) is 2.72. The fraction of sp³-hybridized carbons (Fsp3) is 0.0833. The van der Waals surface area contributed by atoms with Crippen molar-refractivity contribution in [2.24, 2.45) is 0 Å². The highest BCUT2D eigenvalue weighted by molar-refractivity contribution is 6.28. The molecule has 0 N–H and O–H groups in total. The van der Waals surface area contributed by atoms with E-state index in [1.54, 1.807) is 18.7 Å². The van der Waals surface area contributed by atoms with Gasteiger partial charge >= 0.3 is 0 Å². The maximum Gasteiger partial charge on any atom is 0.226 e. The molecule has 3 heterocycles. The number of imidazole rings is 1. The number of halogens is 1. The van der Waals surface area contributed by atoms with Gasteiger partial charge in [0.15, 0.2) is 22.4 Å². The zero-order valence-corrected chi connectivity index (χ0v) is 17.5. The van der Waals surface area contributed by atoms with Crippen LogP contribution in [0.25, 0.3) is 39.2 Å². The van der Waals surface area contributed by atoms with Gasteiger partial charge in [-0.3, -0.25) is 4.79 Å². The molecule has 3 aromatic heterocycles. The Bertz CT molecular complexity index is 1380. The van der Waals surface area contributed by atoms with Crippen LogP contribution in [0.1, 0.15) is 6.92 Å². The Balaban J connectivity index is 1.84. The first-order valence-corrected chi connectivity index (χ1v) is 10.3. The van der Waals surface area contributed by atoms with Gasteiger partial charge in [-0.15, -0.1) is 0 Å². The van der Waals surface area contributed by atoms with Crippen molar-refractivity contribution < 1.29 is 0 Å². The number of rotatable bonds is 4. The number of nitrogens with zero attached hydrogens (tertiary/aromatic N) is 5. The van der Waals surface area contributed by atoms with E-state index in [1.807, 2.05) is 76.7 Å². The molecule has 152 valence electrons. The first-order valence-electron chi connectivity index (χ1n) is 9.91.